The Balaban J connectivity index is 2.13. The number of carbonyl (C=O) groups is 1. The summed E-state index contributed by atoms with van der Waals surface area (Å²) in [5.74, 6) is 0.104. The lowest BCUT2D eigenvalue weighted by Gasteiger charge is -2.33. The Kier molecular flexibility index (Phi) is 5.39. The Morgan fingerprint density at radius 1 is 1.42 bits per heavy atom. The average Bonchev–Trinajstić information content (AvgIpc) is 2.54. The molecule has 0 fully saturated rings. The van der Waals surface area contributed by atoms with Crippen LogP contribution < -0.4 is 16.6 Å². The van der Waals surface area contributed by atoms with Gasteiger partial charge in [-0.1, -0.05) is 26.0 Å². The highest BCUT2D eigenvalue weighted by molar-refractivity contribution is 5.80. The van der Waals surface area contributed by atoms with Gasteiger partial charge < -0.3 is 11.1 Å². The first-order valence-electron chi connectivity index (χ1n) is 8.24. The van der Waals surface area contributed by atoms with Crippen LogP contribution in [0.1, 0.15) is 32.8 Å². The number of para-hydroxylation sites is 1. The van der Waals surface area contributed by atoms with Gasteiger partial charge in [-0.3, -0.25) is 14.2 Å². The van der Waals surface area contributed by atoms with Gasteiger partial charge in [0.25, 0.3) is 5.56 Å². The quantitative estimate of drug-likeness (QED) is 0.841. The number of aryl methyl sites for hydroxylation is 2. The minimum Gasteiger partial charge on any atom is -0.349 e. The van der Waals surface area contributed by atoms with Gasteiger partial charge in [-0.15, -0.1) is 0 Å². The van der Waals surface area contributed by atoms with E-state index in [0.717, 1.165) is 5.56 Å². The lowest BCUT2D eigenvalue weighted by atomic mass is 9.88. The fourth-order valence-electron chi connectivity index (χ4n) is 2.53. The first kappa shape index (κ1) is 18.1. The molecule has 2 aromatic rings. The Labute approximate surface area is 142 Å². The normalized spacial score (nSPS) is 13.9. The molecule has 6 nitrogen and oxygen atoms in total. The molecule has 24 heavy (non-hydrogen) atoms. The summed E-state index contributed by atoms with van der Waals surface area (Å²) in [6.07, 6.45) is 1.72. The van der Waals surface area contributed by atoms with Crippen LogP contribution >= 0.6 is 0 Å². The molecule has 0 aliphatic rings. The van der Waals surface area contributed by atoms with E-state index in [0.29, 0.717) is 24.0 Å². The monoisotopic (exact) mass is 330 g/mol. The number of nitrogens with two attached hydrogens (primary N) is 1. The minimum atomic E-state index is -0.444. The number of aromatic nitrogens is 2. The molecule has 3 N–H and O–H groups in total. The first-order valence-corrected chi connectivity index (χ1v) is 8.24. The van der Waals surface area contributed by atoms with Gasteiger partial charge in [0.2, 0.25) is 5.91 Å². The molecule has 0 aliphatic heterocycles. The molecule has 1 aromatic heterocycles. The molecule has 2 rings (SSSR count). The second kappa shape index (κ2) is 7.13. The molecule has 0 saturated carbocycles. The Hall–Kier alpha value is -2.21. The zero-order valence-electron chi connectivity index (χ0n) is 14.8. The van der Waals surface area contributed by atoms with Crippen molar-refractivity contribution in [1.29, 1.82) is 0 Å². The van der Waals surface area contributed by atoms with Crippen molar-refractivity contribution in [2.75, 3.05) is 6.54 Å². The van der Waals surface area contributed by atoms with Crippen molar-refractivity contribution in [2.24, 2.45) is 11.7 Å². The van der Waals surface area contributed by atoms with Gasteiger partial charge in [0, 0.05) is 19.5 Å². The molecule has 1 heterocycles. The third-order valence-corrected chi connectivity index (χ3v) is 4.76. The largest absolute Gasteiger partial charge is 0.349 e. The second-order valence-electron chi connectivity index (χ2n) is 6.79. The van der Waals surface area contributed by atoms with Crippen LogP contribution in [0.25, 0.3) is 10.9 Å². The average molecular weight is 330 g/mol. The summed E-state index contributed by atoms with van der Waals surface area (Å²) in [6.45, 7) is 8.56. The van der Waals surface area contributed by atoms with Crippen molar-refractivity contribution < 1.29 is 4.79 Å². The fraction of sp³-hybridized carbons (Fsp3) is 0.500. The van der Waals surface area contributed by atoms with Gasteiger partial charge in [-0.2, -0.15) is 0 Å². The molecule has 1 unspecified atom stereocenters. The van der Waals surface area contributed by atoms with Crippen molar-refractivity contribution in [3.8, 4) is 0 Å². The number of nitrogens with one attached hydrogen (secondary N) is 1. The van der Waals surface area contributed by atoms with Crippen LogP contribution in [0.4, 0.5) is 0 Å². The van der Waals surface area contributed by atoms with E-state index in [9.17, 15) is 9.59 Å². The van der Waals surface area contributed by atoms with Crippen LogP contribution in [0.2, 0.25) is 0 Å². The van der Waals surface area contributed by atoms with E-state index in [1.165, 1.54) is 10.9 Å². The summed E-state index contributed by atoms with van der Waals surface area (Å²) in [4.78, 5) is 29.1. The number of fused-ring (bicyclic) bond motifs is 1. The van der Waals surface area contributed by atoms with Crippen molar-refractivity contribution >= 4 is 16.8 Å². The molecule has 1 amide bonds. The van der Waals surface area contributed by atoms with E-state index >= 15 is 0 Å². The number of carbonyl (C=O) groups excluding carboxylic acids is 1. The van der Waals surface area contributed by atoms with Crippen LogP contribution in [0.5, 0.6) is 0 Å². The highest BCUT2D eigenvalue weighted by Crippen LogP contribution is 2.15. The minimum absolute atomic E-state index is 0.118. The van der Waals surface area contributed by atoms with Crippen molar-refractivity contribution in [3.63, 3.8) is 0 Å². The summed E-state index contributed by atoms with van der Waals surface area (Å²) in [5, 5.41) is 3.55. The summed E-state index contributed by atoms with van der Waals surface area (Å²) >= 11 is 0. The molecule has 1 aromatic carbocycles. The van der Waals surface area contributed by atoms with Crippen LogP contribution in [0.3, 0.4) is 0 Å². The van der Waals surface area contributed by atoms with Crippen molar-refractivity contribution in [1.82, 2.24) is 14.9 Å². The van der Waals surface area contributed by atoms with Gasteiger partial charge in [0.05, 0.1) is 22.8 Å². The van der Waals surface area contributed by atoms with E-state index in [4.69, 9.17) is 5.73 Å². The molecule has 130 valence electrons. The number of benzene rings is 1. The highest BCUT2D eigenvalue weighted by atomic mass is 16.2. The summed E-state index contributed by atoms with van der Waals surface area (Å²) in [7, 11) is 0. The molecule has 0 radical (unpaired) electrons. The number of nitrogens with zero attached hydrogens (tertiary/aromatic N) is 2. The number of hydrogen-bond acceptors (Lipinski definition) is 4. The molecule has 0 spiro atoms. The topological polar surface area (TPSA) is 90.0 Å². The Morgan fingerprint density at radius 3 is 2.75 bits per heavy atom. The van der Waals surface area contributed by atoms with Gasteiger partial charge in [0.15, 0.2) is 0 Å². The smallest absolute Gasteiger partial charge is 0.261 e. The number of rotatable bonds is 6. The van der Waals surface area contributed by atoms with Crippen LogP contribution in [0.15, 0.2) is 29.3 Å². The Morgan fingerprint density at radius 2 is 2.12 bits per heavy atom. The van der Waals surface area contributed by atoms with E-state index < -0.39 is 5.54 Å². The van der Waals surface area contributed by atoms with E-state index in [1.54, 1.807) is 6.07 Å². The molecular weight excluding hydrogens is 304 g/mol. The second-order valence-corrected chi connectivity index (χ2v) is 6.79. The zero-order chi connectivity index (χ0) is 17.9. The van der Waals surface area contributed by atoms with Gasteiger partial charge in [0.1, 0.15) is 0 Å². The fourth-order valence-corrected chi connectivity index (χ4v) is 2.53. The maximum atomic E-state index is 12.5. The third-order valence-electron chi connectivity index (χ3n) is 4.76. The van der Waals surface area contributed by atoms with Gasteiger partial charge in [-0.25, -0.2) is 4.98 Å². The number of amides is 1. The van der Waals surface area contributed by atoms with Gasteiger partial charge >= 0.3 is 0 Å². The molecular formula is C18H26N4O2. The highest BCUT2D eigenvalue weighted by Gasteiger charge is 2.28. The lowest BCUT2D eigenvalue weighted by molar-refractivity contribution is -0.123. The Bertz CT molecular complexity index is 797. The zero-order valence-corrected chi connectivity index (χ0v) is 14.8. The SMILES string of the molecule is Cc1cccc2c(=O)n(CCC(=O)NC(C)(CN)C(C)C)cnc12. The van der Waals surface area contributed by atoms with Gasteiger partial charge in [-0.05, 0) is 31.4 Å². The van der Waals surface area contributed by atoms with E-state index in [2.05, 4.69) is 10.3 Å². The lowest BCUT2D eigenvalue weighted by Crippen LogP contribution is -2.55. The maximum Gasteiger partial charge on any atom is 0.261 e. The van der Waals surface area contributed by atoms with Crippen LogP contribution in [0, 0.1) is 12.8 Å². The third kappa shape index (κ3) is 3.64. The summed E-state index contributed by atoms with van der Waals surface area (Å²) in [6, 6.07) is 5.53. The predicted octanol–water partition coefficient (Wildman–Crippen LogP) is 1.58. The van der Waals surface area contributed by atoms with E-state index in [-0.39, 0.29) is 23.8 Å². The van der Waals surface area contributed by atoms with Crippen molar-refractivity contribution in [2.45, 2.75) is 46.2 Å². The number of hydrogen-bond donors (Lipinski definition) is 2. The molecule has 0 bridgehead atoms. The summed E-state index contributed by atoms with van der Waals surface area (Å²) in [5.41, 5.74) is 6.89. The van der Waals surface area contributed by atoms with Crippen molar-refractivity contribution in [3.05, 3.63) is 40.4 Å². The maximum absolute atomic E-state index is 12.5. The molecule has 0 aliphatic carbocycles. The van der Waals surface area contributed by atoms with Crippen LogP contribution in [-0.4, -0.2) is 27.5 Å². The molecule has 0 saturated heterocycles. The van der Waals surface area contributed by atoms with Crippen LogP contribution in [-0.2, 0) is 11.3 Å². The van der Waals surface area contributed by atoms with E-state index in [1.807, 2.05) is 39.8 Å². The summed E-state index contributed by atoms with van der Waals surface area (Å²) < 4.78 is 1.48. The predicted molar refractivity (Wildman–Crippen MR) is 95.8 cm³/mol. The molecule has 1 atom stereocenters. The first-order chi connectivity index (χ1) is 11.3. The standard InChI is InChI=1S/C18H26N4O2/c1-12(2)18(4,10-19)21-15(23)8-9-22-11-20-16-13(3)6-5-7-14(16)17(22)24/h5-7,11-12H,8-10,19H2,1-4H3,(H,21,23). The molecule has 6 heteroatoms.